The maximum atomic E-state index is 5.97. The Morgan fingerprint density at radius 2 is 1.50 bits per heavy atom. The second-order valence-corrected chi connectivity index (χ2v) is 7.36. The number of hydrogen-bond acceptors (Lipinski definition) is 5. The molecule has 0 radical (unpaired) electrons. The molecular weight excluding hydrogens is 402 g/mol. The number of nitrogens with one attached hydrogen (secondary N) is 1. The van der Waals surface area contributed by atoms with Crippen molar-refractivity contribution in [2.24, 2.45) is 0 Å². The molecule has 0 amide bonds. The lowest BCUT2D eigenvalue weighted by Crippen LogP contribution is -2.13. The molecule has 0 aromatic heterocycles. The topological polar surface area (TPSA) is 49.0 Å². The van der Waals surface area contributed by atoms with Crippen molar-refractivity contribution in [3.05, 3.63) is 82.4 Å². The number of fused-ring (bicyclic) bond motifs is 1. The van der Waals surface area contributed by atoms with E-state index in [9.17, 15) is 0 Å². The predicted molar refractivity (Wildman–Crippen MR) is 117 cm³/mol. The summed E-state index contributed by atoms with van der Waals surface area (Å²) in [4.78, 5) is 0. The van der Waals surface area contributed by atoms with Gasteiger partial charge in [0.25, 0.3) is 0 Å². The van der Waals surface area contributed by atoms with Gasteiger partial charge in [0.2, 0.25) is 6.79 Å². The van der Waals surface area contributed by atoms with E-state index in [4.69, 9.17) is 30.5 Å². The summed E-state index contributed by atoms with van der Waals surface area (Å²) in [7, 11) is 0. The molecule has 0 aliphatic carbocycles. The van der Waals surface area contributed by atoms with Gasteiger partial charge in [-0.15, -0.1) is 0 Å². The highest BCUT2D eigenvalue weighted by Gasteiger charge is 2.13. The Kier molecular flexibility index (Phi) is 6.62. The van der Waals surface area contributed by atoms with Crippen LogP contribution in [-0.4, -0.2) is 13.4 Å². The third kappa shape index (κ3) is 5.17. The first-order valence-corrected chi connectivity index (χ1v) is 10.3. The number of ether oxygens (including phenoxy) is 4. The minimum absolute atomic E-state index is 0.291. The van der Waals surface area contributed by atoms with Crippen LogP contribution in [0.5, 0.6) is 23.0 Å². The summed E-state index contributed by atoms with van der Waals surface area (Å²) in [6, 6.07) is 19.7. The van der Waals surface area contributed by atoms with Crippen molar-refractivity contribution in [3.8, 4) is 23.0 Å². The van der Waals surface area contributed by atoms with Crippen LogP contribution in [0.3, 0.4) is 0 Å². The second-order valence-electron chi connectivity index (χ2n) is 6.92. The summed E-state index contributed by atoms with van der Waals surface area (Å²) in [5.74, 6) is 3.07. The molecule has 1 aliphatic rings. The van der Waals surface area contributed by atoms with E-state index in [0.717, 1.165) is 46.2 Å². The highest BCUT2D eigenvalue weighted by molar-refractivity contribution is 6.30. The van der Waals surface area contributed by atoms with Crippen LogP contribution < -0.4 is 24.3 Å². The molecule has 0 saturated carbocycles. The van der Waals surface area contributed by atoms with Gasteiger partial charge in [0.1, 0.15) is 6.61 Å². The lowest BCUT2D eigenvalue weighted by molar-refractivity contribution is 0.174. The zero-order valence-electron chi connectivity index (χ0n) is 16.8. The highest BCUT2D eigenvalue weighted by Crippen LogP contribution is 2.32. The first-order chi connectivity index (χ1) is 14.7. The fourth-order valence-corrected chi connectivity index (χ4v) is 3.32. The molecule has 1 aliphatic heterocycles. The molecule has 4 rings (SSSR count). The lowest BCUT2D eigenvalue weighted by Gasteiger charge is -2.14. The van der Waals surface area contributed by atoms with E-state index < -0.39 is 0 Å². The van der Waals surface area contributed by atoms with Gasteiger partial charge in [0.05, 0.1) is 6.61 Å². The van der Waals surface area contributed by atoms with E-state index in [1.54, 1.807) is 0 Å². The van der Waals surface area contributed by atoms with Gasteiger partial charge in [-0.05, 0) is 60.0 Å². The first kappa shape index (κ1) is 20.4. The minimum Gasteiger partial charge on any atom is -0.490 e. The Bertz CT molecular complexity index is 991. The molecular formula is C24H24ClNO4. The zero-order chi connectivity index (χ0) is 20.8. The second kappa shape index (κ2) is 9.74. The van der Waals surface area contributed by atoms with Gasteiger partial charge in [-0.3, -0.25) is 0 Å². The van der Waals surface area contributed by atoms with E-state index >= 15 is 0 Å². The molecule has 0 atom stereocenters. The van der Waals surface area contributed by atoms with Crippen LogP contribution in [0.2, 0.25) is 5.02 Å². The average molecular weight is 426 g/mol. The number of hydrogen-bond donors (Lipinski definition) is 1. The highest BCUT2D eigenvalue weighted by atomic mass is 35.5. The summed E-state index contributed by atoms with van der Waals surface area (Å²) >= 11 is 5.94. The van der Waals surface area contributed by atoms with Crippen molar-refractivity contribution >= 4 is 11.6 Å². The van der Waals surface area contributed by atoms with E-state index in [0.29, 0.717) is 31.6 Å². The maximum Gasteiger partial charge on any atom is 0.231 e. The third-order valence-corrected chi connectivity index (χ3v) is 4.96. The largest absolute Gasteiger partial charge is 0.490 e. The smallest absolute Gasteiger partial charge is 0.231 e. The van der Waals surface area contributed by atoms with Gasteiger partial charge < -0.3 is 24.3 Å². The molecule has 0 unspecified atom stereocenters. The summed E-state index contributed by atoms with van der Waals surface area (Å²) in [5, 5.41) is 4.17. The Morgan fingerprint density at radius 1 is 0.800 bits per heavy atom. The maximum absolute atomic E-state index is 5.97. The van der Waals surface area contributed by atoms with Gasteiger partial charge in [0.15, 0.2) is 23.0 Å². The van der Waals surface area contributed by atoms with Gasteiger partial charge in [-0.2, -0.15) is 0 Å². The standard InChI is InChI=1S/C24H24ClNO4/c1-2-27-23-11-18(5-9-21(23)28-15-17-3-7-20(25)8-4-17)13-26-14-19-6-10-22-24(12-19)30-16-29-22/h3-12,26H,2,13-16H2,1H3. The van der Waals surface area contributed by atoms with Crippen LogP contribution in [0.15, 0.2) is 60.7 Å². The lowest BCUT2D eigenvalue weighted by atomic mass is 10.1. The van der Waals surface area contributed by atoms with Crippen LogP contribution in [0.4, 0.5) is 0 Å². The molecule has 30 heavy (non-hydrogen) atoms. The van der Waals surface area contributed by atoms with Crippen molar-refractivity contribution in [3.63, 3.8) is 0 Å². The van der Waals surface area contributed by atoms with Gasteiger partial charge >= 0.3 is 0 Å². The Morgan fingerprint density at radius 3 is 2.30 bits per heavy atom. The predicted octanol–water partition coefficient (Wildman–Crippen LogP) is 5.34. The van der Waals surface area contributed by atoms with Gasteiger partial charge in [-0.25, -0.2) is 0 Å². The molecule has 1 heterocycles. The van der Waals surface area contributed by atoms with Crippen LogP contribution in [0.1, 0.15) is 23.6 Å². The van der Waals surface area contributed by atoms with Crippen LogP contribution >= 0.6 is 11.6 Å². The molecule has 6 heteroatoms. The van der Waals surface area contributed by atoms with Gasteiger partial charge in [-0.1, -0.05) is 35.9 Å². The third-order valence-electron chi connectivity index (χ3n) is 4.71. The normalized spacial score (nSPS) is 12.1. The van der Waals surface area contributed by atoms with Crippen molar-refractivity contribution in [2.75, 3.05) is 13.4 Å². The molecule has 156 valence electrons. The molecule has 0 bridgehead atoms. The Labute approximate surface area is 181 Å². The van der Waals surface area contributed by atoms with E-state index in [1.807, 2.05) is 67.6 Å². The quantitative estimate of drug-likeness (QED) is 0.501. The molecule has 5 nitrogen and oxygen atoms in total. The fourth-order valence-electron chi connectivity index (χ4n) is 3.19. The number of rotatable bonds is 9. The molecule has 1 N–H and O–H groups in total. The van der Waals surface area contributed by atoms with E-state index in [1.165, 1.54) is 0 Å². The molecule has 3 aromatic rings. The molecule has 3 aromatic carbocycles. The van der Waals surface area contributed by atoms with Crippen molar-refractivity contribution < 1.29 is 18.9 Å². The van der Waals surface area contributed by atoms with Crippen LogP contribution in [-0.2, 0) is 19.7 Å². The molecule has 0 spiro atoms. The van der Waals surface area contributed by atoms with Crippen molar-refractivity contribution in [2.45, 2.75) is 26.6 Å². The summed E-state index contributed by atoms with van der Waals surface area (Å²) < 4.78 is 22.6. The SMILES string of the molecule is CCOc1cc(CNCc2ccc3c(c2)OCO3)ccc1OCc1ccc(Cl)cc1. The van der Waals surface area contributed by atoms with Crippen LogP contribution in [0, 0.1) is 0 Å². The molecule has 0 fully saturated rings. The van der Waals surface area contributed by atoms with E-state index in [-0.39, 0.29) is 0 Å². The zero-order valence-corrected chi connectivity index (χ0v) is 17.6. The van der Waals surface area contributed by atoms with Crippen LogP contribution in [0.25, 0.3) is 0 Å². The summed E-state index contributed by atoms with van der Waals surface area (Å²) in [6.07, 6.45) is 0. The van der Waals surface area contributed by atoms with Crippen molar-refractivity contribution in [1.29, 1.82) is 0 Å². The monoisotopic (exact) mass is 425 g/mol. The number of benzene rings is 3. The Hall–Kier alpha value is -2.89. The van der Waals surface area contributed by atoms with Gasteiger partial charge in [0, 0.05) is 18.1 Å². The first-order valence-electron chi connectivity index (χ1n) is 9.93. The van der Waals surface area contributed by atoms with E-state index in [2.05, 4.69) is 5.32 Å². The fraction of sp³-hybridized carbons (Fsp3) is 0.250. The minimum atomic E-state index is 0.291. The average Bonchev–Trinajstić information content (AvgIpc) is 3.22. The molecule has 0 saturated heterocycles. The summed E-state index contributed by atoms with van der Waals surface area (Å²) in [6.45, 7) is 4.73. The van der Waals surface area contributed by atoms with Crippen molar-refractivity contribution in [1.82, 2.24) is 5.32 Å². The number of halogens is 1. The summed E-state index contributed by atoms with van der Waals surface area (Å²) in [5.41, 5.74) is 3.32. The Balaban J connectivity index is 1.35.